The number of nitrogens with zero attached hydrogens (tertiary/aromatic N) is 2. The minimum Gasteiger partial charge on any atom is -0.417 e. The molecule has 2 heterocycles. The van der Waals surface area contributed by atoms with Crippen LogP contribution in [0.5, 0.6) is 0 Å². The summed E-state index contributed by atoms with van der Waals surface area (Å²) in [6, 6.07) is 1.65. The third-order valence-electron chi connectivity index (χ3n) is 1.53. The summed E-state index contributed by atoms with van der Waals surface area (Å²) in [6.45, 7) is 9.80. The fourth-order valence-corrected chi connectivity index (χ4v) is 1.02. The van der Waals surface area contributed by atoms with Gasteiger partial charge in [0.15, 0.2) is 0 Å². The predicted octanol–water partition coefficient (Wildman–Crippen LogP) is 2.65. The van der Waals surface area contributed by atoms with E-state index in [1.165, 1.54) is 10.7 Å². The summed E-state index contributed by atoms with van der Waals surface area (Å²) in [7, 11) is 0. The topological polar surface area (TPSA) is 47.5 Å². The molecule has 0 radical (unpaired) electrons. The van der Waals surface area contributed by atoms with E-state index < -0.39 is 5.76 Å². The Balaban J connectivity index is 0.000000442. The van der Waals surface area contributed by atoms with Crippen LogP contribution in [0.25, 0.3) is 5.65 Å². The lowest BCUT2D eigenvalue weighted by atomic mass is 10.5. The summed E-state index contributed by atoms with van der Waals surface area (Å²) in [4.78, 5) is 15.0. The number of hydrogen-bond donors (Lipinski definition) is 0. The third kappa shape index (κ3) is 2.94. The van der Waals surface area contributed by atoms with Gasteiger partial charge in [-0.3, -0.25) is 0 Å². The molecule has 0 fully saturated rings. The van der Waals surface area contributed by atoms with Gasteiger partial charge in [0.2, 0.25) is 0 Å². The van der Waals surface area contributed by atoms with E-state index in [1.54, 1.807) is 19.2 Å². The zero-order chi connectivity index (χ0) is 11.8. The third-order valence-corrected chi connectivity index (χ3v) is 1.53. The van der Waals surface area contributed by atoms with Crippen molar-refractivity contribution in [3.05, 3.63) is 34.8 Å². The van der Waals surface area contributed by atoms with Gasteiger partial charge in [0, 0.05) is 18.0 Å². The number of imidazole rings is 1. The first-order valence-corrected chi connectivity index (χ1v) is 5.21. The molecular weight excluding hydrogens is 192 g/mol. The molecule has 0 saturated carbocycles. The number of aromatic nitrogens is 2. The molecule has 0 saturated heterocycles. The Morgan fingerprint density at radius 1 is 1.27 bits per heavy atom. The van der Waals surface area contributed by atoms with Gasteiger partial charge in [0.25, 0.3) is 0 Å². The summed E-state index contributed by atoms with van der Waals surface area (Å²) in [5.74, 6) is -0.391. The van der Waals surface area contributed by atoms with Gasteiger partial charge in [-0.15, -0.1) is 0 Å². The van der Waals surface area contributed by atoms with Gasteiger partial charge < -0.3 is 4.42 Å². The summed E-state index contributed by atoms with van der Waals surface area (Å²) in [5, 5.41) is 0. The molecule has 0 aliphatic carbocycles. The van der Waals surface area contributed by atoms with Crippen molar-refractivity contribution in [1.82, 2.24) is 9.38 Å². The minimum atomic E-state index is -0.391. The first-order valence-electron chi connectivity index (χ1n) is 5.21. The quantitative estimate of drug-likeness (QED) is 0.671. The van der Waals surface area contributed by atoms with E-state index in [2.05, 4.69) is 9.40 Å². The Hall–Kier alpha value is -1.58. The van der Waals surface area contributed by atoms with Crippen LogP contribution < -0.4 is 5.76 Å². The van der Waals surface area contributed by atoms with Crippen LogP contribution in [0.4, 0.5) is 0 Å². The maximum absolute atomic E-state index is 11.0. The standard InChI is InChI=1S/C7H6N2O2.2C2H6/c1-5-4-8-6-2-3-11-7(10)9(5)6;2*1-2/h2-4H,1H3;2*1-2H3. The average Bonchev–Trinajstić information content (AvgIpc) is 2.68. The Bertz CT molecular complexity index is 443. The van der Waals surface area contributed by atoms with Crippen LogP contribution in [0.2, 0.25) is 0 Å². The van der Waals surface area contributed by atoms with Crippen molar-refractivity contribution in [3.8, 4) is 0 Å². The first-order chi connectivity index (χ1) is 7.29. The Morgan fingerprint density at radius 2 is 1.87 bits per heavy atom. The Labute approximate surface area is 89.6 Å². The van der Waals surface area contributed by atoms with E-state index in [-0.39, 0.29) is 0 Å². The number of aryl methyl sites for hydroxylation is 1. The highest BCUT2D eigenvalue weighted by Crippen LogP contribution is 1.99. The van der Waals surface area contributed by atoms with Crippen molar-refractivity contribution in [2.24, 2.45) is 0 Å². The van der Waals surface area contributed by atoms with Gasteiger partial charge in [-0.2, -0.15) is 0 Å². The smallest absolute Gasteiger partial charge is 0.417 e. The summed E-state index contributed by atoms with van der Waals surface area (Å²) < 4.78 is 6.06. The Kier molecular flexibility index (Phi) is 6.09. The van der Waals surface area contributed by atoms with Crippen LogP contribution in [0.15, 0.2) is 27.7 Å². The number of hydrogen-bond acceptors (Lipinski definition) is 3. The lowest BCUT2D eigenvalue weighted by Gasteiger charge is -1.89. The maximum Gasteiger partial charge on any atom is 0.424 e. The van der Waals surface area contributed by atoms with Crippen LogP contribution in [0, 0.1) is 6.92 Å². The van der Waals surface area contributed by atoms with E-state index in [0.717, 1.165) is 5.69 Å². The fraction of sp³-hybridized carbons (Fsp3) is 0.455. The minimum absolute atomic E-state index is 0.391. The van der Waals surface area contributed by atoms with Crippen molar-refractivity contribution >= 4 is 5.65 Å². The van der Waals surface area contributed by atoms with Crippen LogP contribution in [-0.2, 0) is 0 Å². The van der Waals surface area contributed by atoms with Crippen LogP contribution in [0.1, 0.15) is 33.4 Å². The van der Waals surface area contributed by atoms with Gasteiger partial charge in [-0.05, 0) is 6.92 Å². The van der Waals surface area contributed by atoms with Crippen LogP contribution in [0.3, 0.4) is 0 Å². The molecule has 0 N–H and O–H groups in total. The van der Waals surface area contributed by atoms with Gasteiger partial charge in [0.1, 0.15) is 11.9 Å². The molecule has 0 aromatic carbocycles. The van der Waals surface area contributed by atoms with Crippen molar-refractivity contribution in [3.63, 3.8) is 0 Å². The number of rotatable bonds is 0. The predicted molar refractivity (Wildman–Crippen MR) is 61.2 cm³/mol. The summed E-state index contributed by atoms with van der Waals surface area (Å²) in [5.41, 5.74) is 1.41. The van der Waals surface area contributed by atoms with Gasteiger partial charge in [-0.1, -0.05) is 27.7 Å². The molecule has 4 heteroatoms. The molecule has 0 amide bonds. The van der Waals surface area contributed by atoms with Crippen molar-refractivity contribution in [2.75, 3.05) is 0 Å². The van der Waals surface area contributed by atoms with Gasteiger partial charge in [-0.25, -0.2) is 14.2 Å². The molecule has 0 bridgehead atoms. The van der Waals surface area contributed by atoms with Crippen LogP contribution >= 0.6 is 0 Å². The van der Waals surface area contributed by atoms with E-state index in [4.69, 9.17) is 0 Å². The Morgan fingerprint density at radius 3 is 2.40 bits per heavy atom. The number of fused-ring (bicyclic) bond motifs is 1. The van der Waals surface area contributed by atoms with Crippen molar-refractivity contribution < 1.29 is 4.42 Å². The molecule has 84 valence electrons. The zero-order valence-electron chi connectivity index (χ0n) is 9.94. The van der Waals surface area contributed by atoms with Crippen LogP contribution in [-0.4, -0.2) is 9.38 Å². The van der Waals surface area contributed by atoms with Crippen molar-refractivity contribution in [1.29, 1.82) is 0 Å². The van der Waals surface area contributed by atoms with E-state index in [0.29, 0.717) is 5.65 Å². The molecule has 15 heavy (non-hydrogen) atoms. The molecule has 0 aliphatic rings. The summed E-state index contributed by atoms with van der Waals surface area (Å²) in [6.07, 6.45) is 2.97. The molecule has 0 aliphatic heterocycles. The molecular formula is C11H18N2O2. The molecule has 4 nitrogen and oxygen atoms in total. The SMILES string of the molecule is CC.CC.Cc1cnc2ccoc(=O)n12. The van der Waals surface area contributed by atoms with E-state index >= 15 is 0 Å². The normalized spacial score (nSPS) is 8.60. The molecule has 0 spiro atoms. The second kappa shape index (κ2) is 6.81. The molecule has 2 rings (SSSR count). The molecule has 0 atom stereocenters. The lowest BCUT2D eigenvalue weighted by molar-refractivity contribution is 0.474. The maximum atomic E-state index is 11.0. The highest BCUT2D eigenvalue weighted by atomic mass is 16.4. The lowest BCUT2D eigenvalue weighted by Crippen LogP contribution is -2.10. The van der Waals surface area contributed by atoms with Gasteiger partial charge in [0.05, 0.1) is 0 Å². The van der Waals surface area contributed by atoms with Gasteiger partial charge >= 0.3 is 5.76 Å². The summed E-state index contributed by atoms with van der Waals surface area (Å²) >= 11 is 0. The van der Waals surface area contributed by atoms with E-state index in [9.17, 15) is 4.79 Å². The fourth-order valence-electron chi connectivity index (χ4n) is 1.02. The highest BCUT2D eigenvalue weighted by Gasteiger charge is 2.00. The average molecular weight is 210 g/mol. The second-order valence-corrected chi connectivity index (χ2v) is 2.28. The highest BCUT2D eigenvalue weighted by molar-refractivity contribution is 5.37. The largest absolute Gasteiger partial charge is 0.424 e. The molecule has 2 aromatic rings. The second-order valence-electron chi connectivity index (χ2n) is 2.28. The monoisotopic (exact) mass is 210 g/mol. The molecule has 0 unspecified atom stereocenters. The first kappa shape index (κ1) is 13.4. The van der Waals surface area contributed by atoms with Crippen molar-refractivity contribution in [2.45, 2.75) is 34.6 Å². The molecule has 2 aromatic heterocycles. The van der Waals surface area contributed by atoms with E-state index in [1.807, 2.05) is 27.7 Å². The zero-order valence-corrected chi connectivity index (χ0v) is 9.94.